The van der Waals surface area contributed by atoms with Gasteiger partial charge in [0.1, 0.15) is 10.9 Å². The third kappa shape index (κ3) is 3.81. The topological polar surface area (TPSA) is 87.0 Å². The molecule has 2 aromatic heterocycles. The smallest absolute Gasteiger partial charge is 0.337 e. The lowest BCUT2D eigenvalue weighted by atomic mass is 10.1. The average Bonchev–Trinajstić information content (AvgIpc) is 2.73. The Morgan fingerprint density at radius 2 is 1.77 bits per heavy atom. The van der Waals surface area contributed by atoms with E-state index in [1.54, 1.807) is 22.8 Å². The molecule has 4 rings (SSSR count). The van der Waals surface area contributed by atoms with E-state index in [1.807, 2.05) is 50.2 Å². The summed E-state index contributed by atoms with van der Waals surface area (Å²) >= 11 is 1.27. The number of rotatable bonds is 4. The van der Waals surface area contributed by atoms with Gasteiger partial charge in [-0.3, -0.25) is 9.36 Å². The summed E-state index contributed by atoms with van der Waals surface area (Å²) in [5, 5.41) is 1.53. The van der Waals surface area contributed by atoms with Gasteiger partial charge in [0, 0.05) is 5.69 Å². The molecule has 0 aliphatic carbocycles. The fourth-order valence-corrected chi connectivity index (χ4v) is 4.13. The minimum atomic E-state index is -0.484. The number of hydrogen-bond acceptors (Lipinski definition) is 7. The second kappa shape index (κ2) is 8.08. The number of carbonyl (C=O) groups excluding carboxylic acids is 1. The SMILES string of the molecule is COC(=O)c1ccc2c(=O)n(-c3ccccc3)c(Sc3cc(C)nc(C)n3)nc2c1. The monoisotopic (exact) mass is 418 g/mol. The zero-order valence-electron chi connectivity index (χ0n) is 16.6. The van der Waals surface area contributed by atoms with E-state index in [1.165, 1.54) is 18.9 Å². The standard InChI is InChI=1S/C22H18N4O3S/c1-13-11-19(24-14(2)23-13)30-22-25-18-12-15(21(28)29-3)9-10-17(18)20(27)26(22)16-7-5-4-6-8-16/h4-12H,1-3H3. The summed E-state index contributed by atoms with van der Waals surface area (Å²) in [4.78, 5) is 38.8. The highest BCUT2D eigenvalue weighted by atomic mass is 32.2. The molecule has 0 saturated heterocycles. The number of aromatic nitrogens is 4. The summed E-state index contributed by atoms with van der Waals surface area (Å²) < 4.78 is 6.34. The van der Waals surface area contributed by atoms with Crippen LogP contribution >= 0.6 is 11.8 Å². The largest absolute Gasteiger partial charge is 0.465 e. The highest BCUT2D eigenvalue weighted by Gasteiger charge is 2.17. The van der Waals surface area contributed by atoms with Crippen molar-refractivity contribution < 1.29 is 9.53 Å². The first-order chi connectivity index (χ1) is 14.5. The van der Waals surface area contributed by atoms with Gasteiger partial charge in [0.2, 0.25) is 0 Å². The van der Waals surface area contributed by atoms with Crippen LogP contribution in [0.15, 0.2) is 69.6 Å². The summed E-state index contributed by atoms with van der Waals surface area (Å²) in [5.41, 5.74) is 2.04. The van der Waals surface area contributed by atoms with E-state index in [9.17, 15) is 9.59 Å². The number of esters is 1. The second-order valence-electron chi connectivity index (χ2n) is 6.59. The third-order valence-corrected chi connectivity index (χ3v) is 5.29. The molecule has 0 unspecified atom stereocenters. The number of carbonyl (C=O) groups is 1. The van der Waals surface area contributed by atoms with Crippen LogP contribution in [-0.4, -0.2) is 32.6 Å². The number of para-hydroxylation sites is 1. The molecular weight excluding hydrogens is 400 g/mol. The Kier molecular flexibility index (Phi) is 5.33. The van der Waals surface area contributed by atoms with Crippen LogP contribution < -0.4 is 5.56 Å². The van der Waals surface area contributed by atoms with Crippen LogP contribution in [0.4, 0.5) is 0 Å². The Morgan fingerprint density at radius 3 is 2.47 bits per heavy atom. The highest BCUT2D eigenvalue weighted by Crippen LogP contribution is 2.28. The summed E-state index contributed by atoms with van der Waals surface area (Å²) in [5.74, 6) is 0.155. The molecule has 0 fully saturated rings. The molecule has 7 nitrogen and oxygen atoms in total. The molecule has 0 aliphatic heterocycles. The predicted molar refractivity (Wildman–Crippen MR) is 114 cm³/mol. The Hall–Kier alpha value is -3.52. The first-order valence-electron chi connectivity index (χ1n) is 9.17. The van der Waals surface area contributed by atoms with Gasteiger partial charge in [0.15, 0.2) is 5.16 Å². The van der Waals surface area contributed by atoms with Crippen molar-refractivity contribution in [2.45, 2.75) is 24.0 Å². The van der Waals surface area contributed by atoms with Crippen LogP contribution in [0, 0.1) is 13.8 Å². The Labute approximate surface area is 176 Å². The van der Waals surface area contributed by atoms with E-state index < -0.39 is 5.97 Å². The number of aryl methyl sites for hydroxylation is 2. The Balaban J connectivity index is 1.96. The van der Waals surface area contributed by atoms with Crippen LogP contribution in [0.1, 0.15) is 21.9 Å². The molecular formula is C22H18N4O3S. The molecule has 0 spiro atoms. The first-order valence-corrected chi connectivity index (χ1v) is 9.98. The van der Waals surface area contributed by atoms with Gasteiger partial charge in [-0.1, -0.05) is 18.2 Å². The van der Waals surface area contributed by atoms with Crippen LogP contribution in [0.5, 0.6) is 0 Å². The molecule has 0 aliphatic rings. The lowest BCUT2D eigenvalue weighted by Gasteiger charge is -2.13. The van der Waals surface area contributed by atoms with Crippen LogP contribution in [0.2, 0.25) is 0 Å². The zero-order chi connectivity index (χ0) is 21.3. The third-order valence-electron chi connectivity index (χ3n) is 4.41. The molecule has 0 bridgehead atoms. The maximum absolute atomic E-state index is 13.4. The molecule has 0 radical (unpaired) electrons. The summed E-state index contributed by atoms with van der Waals surface area (Å²) in [6.07, 6.45) is 0. The maximum atomic E-state index is 13.4. The Bertz CT molecular complexity index is 1300. The van der Waals surface area contributed by atoms with E-state index in [0.717, 1.165) is 5.69 Å². The van der Waals surface area contributed by atoms with Gasteiger partial charge in [-0.15, -0.1) is 0 Å². The number of fused-ring (bicyclic) bond motifs is 1. The van der Waals surface area contributed by atoms with Gasteiger partial charge in [-0.25, -0.2) is 19.7 Å². The number of benzene rings is 2. The zero-order valence-corrected chi connectivity index (χ0v) is 17.4. The van der Waals surface area contributed by atoms with Gasteiger partial charge in [-0.2, -0.15) is 0 Å². The van der Waals surface area contributed by atoms with Crippen molar-refractivity contribution in [3.8, 4) is 5.69 Å². The number of hydrogen-bond donors (Lipinski definition) is 0. The van der Waals surface area contributed by atoms with Crippen molar-refractivity contribution in [1.29, 1.82) is 0 Å². The molecule has 8 heteroatoms. The molecule has 2 heterocycles. The van der Waals surface area contributed by atoms with Crippen molar-refractivity contribution in [1.82, 2.24) is 19.5 Å². The van der Waals surface area contributed by atoms with E-state index in [2.05, 4.69) is 9.97 Å². The highest BCUT2D eigenvalue weighted by molar-refractivity contribution is 7.99. The van der Waals surface area contributed by atoms with Crippen LogP contribution in [-0.2, 0) is 4.74 Å². The summed E-state index contributed by atoms with van der Waals surface area (Å²) in [6, 6.07) is 15.9. The maximum Gasteiger partial charge on any atom is 0.337 e. The number of ether oxygens (including phenoxy) is 1. The molecule has 0 atom stereocenters. The number of methoxy groups -OCH3 is 1. The molecule has 0 N–H and O–H groups in total. The van der Waals surface area contributed by atoms with Gasteiger partial charge in [-0.05, 0) is 62.0 Å². The fourth-order valence-electron chi connectivity index (χ4n) is 3.11. The number of nitrogens with zero attached hydrogens (tertiary/aromatic N) is 4. The van der Waals surface area contributed by atoms with E-state index in [0.29, 0.717) is 38.2 Å². The summed E-state index contributed by atoms with van der Waals surface area (Å²) in [6.45, 7) is 3.71. The lowest BCUT2D eigenvalue weighted by molar-refractivity contribution is 0.0601. The van der Waals surface area contributed by atoms with Gasteiger partial charge >= 0.3 is 5.97 Å². The van der Waals surface area contributed by atoms with E-state index >= 15 is 0 Å². The van der Waals surface area contributed by atoms with E-state index in [-0.39, 0.29) is 5.56 Å². The average molecular weight is 418 g/mol. The Morgan fingerprint density at radius 1 is 1.00 bits per heavy atom. The molecule has 0 amide bonds. The molecule has 0 saturated carbocycles. The minimum absolute atomic E-state index is 0.229. The molecule has 2 aromatic carbocycles. The van der Waals surface area contributed by atoms with E-state index in [4.69, 9.17) is 9.72 Å². The molecule has 150 valence electrons. The molecule has 4 aromatic rings. The molecule has 30 heavy (non-hydrogen) atoms. The minimum Gasteiger partial charge on any atom is -0.465 e. The normalized spacial score (nSPS) is 10.9. The van der Waals surface area contributed by atoms with Crippen molar-refractivity contribution >= 4 is 28.6 Å². The van der Waals surface area contributed by atoms with Gasteiger partial charge in [0.25, 0.3) is 5.56 Å². The predicted octanol–water partition coefficient (Wildman–Crippen LogP) is 3.73. The van der Waals surface area contributed by atoms with Crippen molar-refractivity contribution in [3.63, 3.8) is 0 Å². The quantitative estimate of drug-likeness (QED) is 0.283. The van der Waals surface area contributed by atoms with Crippen LogP contribution in [0.3, 0.4) is 0 Å². The lowest BCUT2D eigenvalue weighted by Crippen LogP contribution is -2.22. The fraction of sp³-hybridized carbons (Fsp3) is 0.136. The van der Waals surface area contributed by atoms with Crippen molar-refractivity contribution in [2.24, 2.45) is 0 Å². The van der Waals surface area contributed by atoms with Crippen LogP contribution in [0.25, 0.3) is 16.6 Å². The first kappa shape index (κ1) is 19.8. The summed E-state index contributed by atoms with van der Waals surface area (Å²) in [7, 11) is 1.31. The van der Waals surface area contributed by atoms with Gasteiger partial charge in [0.05, 0.1) is 29.3 Å². The van der Waals surface area contributed by atoms with Gasteiger partial charge < -0.3 is 4.74 Å². The second-order valence-corrected chi connectivity index (χ2v) is 7.58. The van der Waals surface area contributed by atoms with Crippen molar-refractivity contribution in [3.05, 3.63) is 82.0 Å². The van der Waals surface area contributed by atoms with Crippen molar-refractivity contribution in [2.75, 3.05) is 7.11 Å².